The average Bonchev–Trinajstić information content (AvgIpc) is 2.59. The topological polar surface area (TPSA) is 47.6 Å². The summed E-state index contributed by atoms with van der Waals surface area (Å²) in [5, 5.41) is 2.94. The van der Waals surface area contributed by atoms with E-state index < -0.39 is 0 Å². The van der Waals surface area contributed by atoms with E-state index in [1.807, 2.05) is 55.5 Å². The first kappa shape index (κ1) is 17.9. The Hall–Kier alpha value is -2.49. The lowest BCUT2D eigenvalue weighted by atomic mass is 9.84. The Labute approximate surface area is 143 Å². The lowest BCUT2D eigenvalue weighted by Gasteiger charge is -2.26. The quantitative estimate of drug-likeness (QED) is 0.847. The van der Waals surface area contributed by atoms with Gasteiger partial charge in [-0.15, -0.1) is 0 Å². The zero-order valence-electron chi connectivity index (χ0n) is 14.8. The second kappa shape index (κ2) is 7.86. The Morgan fingerprint density at radius 1 is 1.00 bits per heavy atom. The average molecular weight is 327 g/mol. The molecule has 0 bridgehead atoms. The van der Waals surface area contributed by atoms with Crippen LogP contribution in [0.15, 0.2) is 48.5 Å². The summed E-state index contributed by atoms with van der Waals surface area (Å²) >= 11 is 0. The zero-order valence-corrected chi connectivity index (χ0v) is 14.8. The Morgan fingerprint density at radius 3 is 2.17 bits per heavy atom. The van der Waals surface area contributed by atoms with E-state index in [1.165, 1.54) is 0 Å². The summed E-state index contributed by atoms with van der Waals surface area (Å²) in [5.74, 6) is 1.40. The predicted octanol–water partition coefficient (Wildman–Crippen LogP) is 3.48. The van der Waals surface area contributed by atoms with Crippen LogP contribution >= 0.6 is 0 Å². The minimum Gasteiger partial charge on any atom is -0.497 e. The molecular weight excluding hydrogens is 302 g/mol. The summed E-state index contributed by atoms with van der Waals surface area (Å²) in [5.41, 5.74) is 2.13. The van der Waals surface area contributed by atoms with Crippen molar-refractivity contribution in [2.75, 3.05) is 20.3 Å². The number of amides is 1. The van der Waals surface area contributed by atoms with Crippen molar-refractivity contribution in [1.82, 2.24) is 5.32 Å². The Morgan fingerprint density at radius 2 is 1.58 bits per heavy atom. The van der Waals surface area contributed by atoms with Crippen molar-refractivity contribution >= 4 is 5.91 Å². The van der Waals surface area contributed by atoms with Crippen LogP contribution in [0.3, 0.4) is 0 Å². The van der Waals surface area contributed by atoms with Crippen LogP contribution in [0.5, 0.6) is 11.5 Å². The first-order chi connectivity index (χ1) is 11.4. The number of methoxy groups -OCH3 is 1. The van der Waals surface area contributed by atoms with Gasteiger partial charge in [0.15, 0.2) is 6.61 Å². The molecule has 0 unspecified atom stereocenters. The molecule has 4 heteroatoms. The lowest BCUT2D eigenvalue weighted by molar-refractivity contribution is -0.123. The smallest absolute Gasteiger partial charge is 0.257 e. The second-order valence-corrected chi connectivity index (χ2v) is 6.49. The van der Waals surface area contributed by atoms with Crippen LogP contribution in [0.25, 0.3) is 0 Å². The third kappa shape index (κ3) is 5.01. The standard InChI is InChI=1S/C20H25NO3/c1-15-5-9-18(10-6-15)24-13-19(22)21-14-20(2,3)16-7-11-17(23-4)12-8-16/h5-12H,13-14H2,1-4H3,(H,21,22). The van der Waals surface area contributed by atoms with Gasteiger partial charge in [-0.3, -0.25) is 4.79 Å². The lowest BCUT2D eigenvalue weighted by Crippen LogP contribution is -2.38. The first-order valence-electron chi connectivity index (χ1n) is 8.01. The third-order valence-corrected chi connectivity index (χ3v) is 3.99. The highest BCUT2D eigenvalue weighted by molar-refractivity contribution is 5.77. The van der Waals surface area contributed by atoms with Gasteiger partial charge in [0.1, 0.15) is 11.5 Å². The van der Waals surface area contributed by atoms with E-state index >= 15 is 0 Å². The molecule has 0 heterocycles. The van der Waals surface area contributed by atoms with E-state index in [0.29, 0.717) is 12.3 Å². The molecule has 0 aliphatic heterocycles. The van der Waals surface area contributed by atoms with E-state index in [2.05, 4.69) is 19.2 Å². The number of hydrogen-bond acceptors (Lipinski definition) is 3. The van der Waals surface area contributed by atoms with Crippen LogP contribution in [0.2, 0.25) is 0 Å². The Kier molecular flexibility index (Phi) is 5.85. The molecule has 0 atom stereocenters. The van der Waals surface area contributed by atoms with Gasteiger partial charge in [-0.25, -0.2) is 0 Å². The maximum Gasteiger partial charge on any atom is 0.257 e. The van der Waals surface area contributed by atoms with Crippen molar-refractivity contribution in [3.05, 3.63) is 59.7 Å². The van der Waals surface area contributed by atoms with Crippen LogP contribution in [0.4, 0.5) is 0 Å². The fraction of sp³-hybridized carbons (Fsp3) is 0.350. The molecule has 0 fully saturated rings. The highest BCUT2D eigenvalue weighted by Crippen LogP contribution is 2.24. The van der Waals surface area contributed by atoms with Gasteiger partial charge in [-0.2, -0.15) is 0 Å². The third-order valence-electron chi connectivity index (χ3n) is 3.99. The fourth-order valence-electron chi connectivity index (χ4n) is 2.30. The Bertz CT molecular complexity index is 660. The van der Waals surface area contributed by atoms with Gasteiger partial charge < -0.3 is 14.8 Å². The van der Waals surface area contributed by atoms with Crippen molar-refractivity contribution < 1.29 is 14.3 Å². The summed E-state index contributed by atoms with van der Waals surface area (Å²) in [7, 11) is 1.65. The van der Waals surface area contributed by atoms with Crippen LogP contribution in [-0.4, -0.2) is 26.2 Å². The molecule has 2 rings (SSSR count). The van der Waals surface area contributed by atoms with Gasteiger partial charge in [0.25, 0.3) is 5.91 Å². The molecule has 0 aromatic heterocycles. The molecular formula is C20H25NO3. The molecule has 0 spiro atoms. The highest BCUT2D eigenvalue weighted by atomic mass is 16.5. The number of benzene rings is 2. The number of aryl methyl sites for hydroxylation is 1. The summed E-state index contributed by atoms with van der Waals surface area (Å²) in [6.45, 7) is 6.75. The molecule has 1 N–H and O–H groups in total. The molecule has 24 heavy (non-hydrogen) atoms. The van der Waals surface area contributed by atoms with Crippen LogP contribution in [-0.2, 0) is 10.2 Å². The molecule has 0 aliphatic carbocycles. The zero-order chi connectivity index (χ0) is 17.6. The normalized spacial score (nSPS) is 11.0. The number of hydrogen-bond donors (Lipinski definition) is 1. The summed E-state index contributed by atoms with van der Waals surface area (Å²) in [6, 6.07) is 15.5. The van der Waals surface area contributed by atoms with E-state index in [4.69, 9.17) is 9.47 Å². The van der Waals surface area contributed by atoms with Crippen molar-refractivity contribution in [3.8, 4) is 11.5 Å². The van der Waals surface area contributed by atoms with Crippen LogP contribution in [0.1, 0.15) is 25.0 Å². The summed E-state index contributed by atoms with van der Waals surface area (Å²) < 4.78 is 10.7. The summed E-state index contributed by atoms with van der Waals surface area (Å²) in [4.78, 5) is 12.0. The van der Waals surface area contributed by atoms with E-state index in [1.54, 1.807) is 7.11 Å². The molecule has 0 aliphatic rings. The van der Waals surface area contributed by atoms with E-state index in [9.17, 15) is 4.79 Å². The van der Waals surface area contributed by atoms with Gasteiger partial charge in [0, 0.05) is 12.0 Å². The van der Waals surface area contributed by atoms with Gasteiger partial charge >= 0.3 is 0 Å². The van der Waals surface area contributed by atoms with Crippen molar-refractivity contribution in [2.45, 2.75) is 26.2 Å². The first-order valence-corrected chi connectivity index (χ1v) is 8.01. The van der Waals surface area contributed by atoms with Crippen LogP contribution in [0, 0.1) is 6.92 Å². The fourth-order valence-corrected chi connectivity index (χ4v) is 2.30. The van der Waals surface area contributed by atoms with Crippen molar-refractivity contribution in [3.63, 3.8) is 0 Å². The molecule has 4 nitrogen and oxygen atoms in total. The molecule has 2 aromatic carbocycles. The molecule has 2 aromatic rings. The minimum absolute atomic E-state index is 0.0156. The number of carbonyl (C=O) groups excluding carboxylic acids is 1. The molecule has 128 valence electrons. The predicted molar refractivity (Wildman–Crippen MR) is 95.7 cm³/mol. The maximum atomic E-state index is 12.0. The highest BCUT2D eigenvalue weighted by Gasteiger charge is 2.21. The van der Waals surface area contributed by atoms with Gasteiger partial charge in [-0.05, 0) is 36.8 Å². The molecule has 0 saturated carbocycles. The minimum atomic E-state index is -0.175. The number of ether oxygens (including phenoxy) is 2. The molecule has 1 amide bonds. The maximum absolute atomic E-state index is 12.0. The SMILES string of the molecule is COc1ccc(C(C)(C)CNC(=O)COc2ccc(C)cc2)cc1. The Balaban J connectivity index is 1.83. The van der Waals surface area contributed by atoms with Crippen LogP contribution < -0.4 is 14.8 Å². The van der Waals surface area contributed by atoms with Gasteiger partial charge in [-0.1, -0.05) is 43.7 Å². The summed E-state index contributed by atoms with van der Waals surface area (Å²) in [6.07, 6.45) is 0. The number of nitrogens with one attached hydrogen (secondary N) is 1. The van der Waals surface area contributed by atoms with Crippen molar-refractivity contribution in [1.29, 1.82) is 0 Å². The molecule has 0 radical (unpaired) electrons. The second-order valence-electron chi connectivity index (χ2n) is 6.49. The van der Waals surface area contributed by atoms with Gasteiger partial charge in [0.2, 0.25) is 0 Å². The molecule has 0 saturated heterocycles. The number of rotatable bonds is 7. The van der Waals surface area contributed by atoms with E-state index in [-0.39, 0.29) is 17.9 Å². The van der Waals surface area contributed by atoms with Gasteiger partial charge in [0.05, 0.1) is 7.11 Å². The van der Waals surface area contributed by atoms with E-state index in [0.717, 1.165) is 16.9 Å². The van der Waals surface area contributed by atoms with Crippen molar-refractivity contribution in [2.24, 2.45) is 0 Å². The monoisotopic (exact) mass is 327 g/mol. The number of carbonyl (C=O) groups is 1. The largest absolute Gasteiger partial charge is 0.497 e.